The van der Waals surface area contributed by atoms with Crippen LogP contribution in [0.1, 0.15) is 37.3 Å². The lowest BCUT2D eigenvalue weighted by Crippen LogP contribution is -2.61. The predicted octanol–water partition coefficient (Wildman–Crippen LogP) is 5.03. The summed E-state index contributed by atoms with van der Waals surface area (Å²) >= 11 is 0. The van der Waals surface area contributed by atoms with Gasteiger partial charge < -0.3 is 4.90 Å². The van der Waals surface area contributed by atoms with E-state index in [1.54, 1.807) is 6.07 Å². The summed E-state index contributed by atoms with van der Waals surface area (Å²) in [6, 6.07) is 13.0. The van der Waals surface area contributed by atoms with E-state index >= 15 is 0 Å². The highest BCUT2D eigenvalue weighted by Crippen LogP contribution is 2.50. The average Bonchev–Trinajstić information content (AvgIpc) is 2.99. The number of para-hydroxylation sites is 1. The lowest BCUT2D eigenvalue weighted by atomic mass is 9.65. The van der Waals surface area contributed by atoms with Crippen LogP contribution in [0.3, 0.4) is 0 Å². The Hall–Kier alpha value is -2.83. The first-order valence-electron chi connectivity index (χ1n) is 10.2. The summed E-state index contributed by atoms with van der Waals surface area (Å²) in [5, 5.41) is 6.03. The van der Waals surface area contributed by atoms with Crippen molar-refractivity contribution in [2.24, 2.45) is 10.5 Å². The minimum absolute atomic E-state index is 0.0968. The third-order valence-electron chi connectivity index (χ3n) is 6.73. The van der Waals surface area contributed by atoms with Gasteiger partial charge in [0.25, 0.3) is 5.91 Å². The lowest BCUT2D eigenvalue weighted by Gasteiger charge is -2.51. The lowest BCUT2D eigenvalue weighted by molar-refractivity contribution is -0.137. The number of carbonyl (C=O) groups is 1. The molecule has 1 fully saturated rings. The Bertz CT molecular complexity index is 1030. The van der Waals surface area contributed by atoms with Crippen LogP contribution in [0.25, 0.3) is 0 Å². The van der Waals surface area contributed by atoms with Crippen molar-refractivity contribution in [3.8, 4) is 0 Å². The normalized spacial score (nSPS) is 25.9. The van der Waals surface area contributed by atoms with E-state index in [1.807, 2.05) is 37.3 Å². The van der Waals surface area contributed by atoms with Gasteiger partial charge in [-0.3, -0.25) is 4.79 Å². The number of amides is 1. The number of alkyl halides is 3. The molecule has 2 atom stereocenters. The van der Waals surface area contributed by atoms with E-state index in [9.17, 15) is 18.0 Å². The monoisotopic (exact) mass is 413 g/mol. The fraction of sp³-hybridized carbons (Fsp3) is 0.391. The molecule has 2 aromatic rings. The molecule has 0 saturated carbocycles. The number of hydrogen-bond donors (Lipinski definition) is 0. The molecule has 3 aliphatic rings. The third kappa shape index (κ3) is 2.67. The van der Waals surface area contributed by atoms with Gasteiger partial charge in [0.2, 0.25) is 0 Å². The molecule has 1 amide bonds. The van der Waals surface area contributed by atoms with E-state index in [2.05, 4.69) is 10.0 Å². The van der Waals surface area contributed by atoms with E-state index in [-0.39, 0.29) is 18.4 Å². The molecule has 0 unspecified atom stereocenters. The van der Waals surface area contributed by atoms with Crippen LogP contribution in [0.5, 0.6) is 0 Å². The number of rotatable bonds is 1. The summed E-state index contributed by atoms with van der Waals surface area (Å²) in [4.78, 5) is 15.9. The van der Waals surface area contributed by atoms with Crippen molar-refractivity contribution in [1.82, 2.24) is 0 Å². The van der Waals surface area contributed by atoms with Crippen LogP contribution in [0, 0.1) is 5.41 Å². The zero-order chi connectivity index (χ0) is 21.1. The number of hydrazone groups is 1. The fourth-order valence-electron chi connectivity index (χ4n) is 5.29. The van der Waals surface area contributed by atoms with Crippen LogP contribution in [-0.4, -0.2) is 24.2 Å². The van der Waals surface area contributed by atoms with Crippen LogP contribution in [0.2, 0.25) is 0 Å². The van der Waals surface area contributed by atoms with Crippen molar-refractivity contribution in [2.45, 2.75) is 44.8 Å². The number of carbonyl (C=O) groups excluding carboxylic acids is 1. The zero-order valence-electron chi connectivity index (χ0n) is 16.6. The number of halogens is 3. The van der Waals surface area contributed by atoms with Crippen molar-refractivity contribution in [3.63, 3.8) is 0 Å². The van der Waals surface area contributed by atoms with Gasteiger partial charge in [0.05, 0.1) is 17.0 Å². The molecule has 4 nitrogen and oxygen atoms in total. The number of fused-ring (bicyclic) bond motifs is 4. The molecule has 156 valence electrons. The minimum atomic E-state index is -4.42. The van der Waals surface area contributed by atoms with Crippen molar-refractivity contribution < 1.29 is 18.0 Å². The predicted molar refractivity (Wildman–Crippen MR) is 110 cm³/mol. The molecular formula is C23H22F3N3O. The first kappa shape index (κ1) is 19.2. The molecular weight excluding hydrogens is 391 g/mol. The van der Waals surface area contributed by atoms with Gasteiger partial charge in [-0.15, -0.1) is 0 Å². The van der Waals surface area contributed by atoms with Crippen molar-refractivity contribution in [3.05, 3.63) is 59.7 Å². The fourth-order valence-corrected chi connectivity index (χ4v) is 5.29. The maximum absolute atomic E-state index is 13.8. The summed E-state index contributed by atoms with van der Waals surface area (Å²) in [6.45, 7) is 2.57. The number of piperidine rings is 1. The molecule has 0 aliphatic carbocycles. The summed E-state index contributed by atoms with van der Waals surface area (Å²) in [6.07, 6.45) is -1.41. The average molecular weight is 413 g/mol. The van der Waals surface area contributed by atoms with Crippen LogP contribution in [0.4, 0.5) is 24.5 Å². The first-order chi connectivity index (χ1) is 14.3. The molecule has 30 heavy (non-hydrogen) atoms. The molecule has 0 radical (unpaired) electrons. The van der Waals surface area contributed by atoms with Crippen LogP contribution in [-0.2, 0) is 17.4 Å². The maximum atomic E-state index is 13.8. The smallest absolute Gasteiger partial charge is 0.367 e. The van der Waals surface area contributed by atoms with Gasteiger partial charge in [-0.25, -0.2) is 0 Å². The van der Waals surface area contributed by atoms with Gasteiger partial charge in [0.1, 0.15) is 5.41 Å². The van der Waals surface area contributed by atoms with Crippen LogP contribution < -0.4 is 9.91 Å². The Kier molecular flexibility index (Phi) is 4.21. The summed E-state index contributed by atoms with van der Waals surface area (Å²) in [7, 11) is 0. The topological polar surface area (TPSA) is 35.9 Å². The first-order valence-corrected chi connectivity index (χ1v) is 10.2. The molecule has 2 aromatic carbocycles. The second-order valence-electron chi connectivity index (χ2n) is 8.33. The number of benzene rings is 2. The summed E-state index contributed by atoms with van der Waals surface area (Å²) in [5.41, 5.74) is 1.13. The largest absolute Gasteiger partial charge is 0.416 e. The van der Waals surface area contributed by atoms with Gasteiger partial charge in [-0.2, -0.15) is 23.3 Å². The minimum Gasteiger partial charge on any atom is -0.367 e. The molecule has 3 aliphatic heterocycles. The Morgan fingerprint density at radius 1 is 1.10 bits per heavy atom. The second-order valence-corrected chi connectivity index (χ2v) is 8.33. The number of nitrogens with zero attached hydrogens (tertiary/aromatic N) is 3. The molecule has 0 N–H and O–H groups in total. The van der Waals surface area contributed by atoms with Crippen molar-refractivity contribution in [2.75, 3.05) is 16.5 Å². The number of hydrogen-bond acceptors (Lipinski definition) is 3. The Morgan fingerprint density at radius 3 is 2.60 bits per heavy atom. The van der Waals surface area contributed by atoms with E-state index in [4.69, 9.17) is 0 Å². The maximum Gasteiger partial charge on any atom is 0.416 e. The standard InChI is InChI=1S/C23H22F3N3O/c1-15-22(21(30)29(27-15)18-7-3-2-4-8-18)14-16-13-17(23(24,25)26)10-11-19(16)28-12-6-5-9-20(22)28/h2-4,7-8,10-11,13,20H,5-6,9,12,14H2,1H3/t20-,22-/m0/s1. The van der Waals surface area contributed by atoms with Gasteiger partial charge in [-0.1, -0.05) is 18.2 Å². The van der Waals surface area contributed by atoms with Gasteiger partial charge >= 0.3 is 6.18 Å². The highest BCUT2D eigenvalue weighted by atomic mass is 19.4. The SMILES string of the molecule is CC1=NN(c2ccccc2)C(=O)[C@@]12Cc1cc(C(F)(F)F)ccc1N1CCCC[C@H]12. The Labute approximate surface area is 173 Å². The van der Waals surface area contributed by atoms with Crippen LogP contribution >= 0.6 is 0 Å². The molecule has 5 rings (SSSR count). The zero-order valence-corrected chi connectivity index (χ0v) is 16.6. The molecule has 3 heterocycles. The second kappa shape index (κ2) is 6.59. The third-order valence-corrected chi connectivity index (χ3v) is 6.73. The van der Waals surface area contributed by atoms with Crippen molar-refractivity contribution >= 4 is 23.0 Å². The van der Waals surface area contributed by atoms with Gasteiger partial charge in [0, 0.05) is 18.3 Å². The van der Waals surface area contributed by atoms with Gasteiger partial charge in [-0.05, 0) is 68.5 Å². The van der Waals surface area contributed by atoms with Crippen LogP contribution in [0.15, 0.2) is 53.6 Å². The highest BCUT2D eigenvalue weighted by molar-refractivity contribution is 6.20. The Balaban J connectivity index is 1.64. The molecule has 7 heteroatoms. The summed E-state index contributed by atoms with van der Waals surface area (Å²) in [5.74, 6) is -0.147. The van der Waals surface area contributed by atoms with E-state index < -0.39 is 17.2 Å². The molecule has 1 saturated heterocycles. The highest BCUT2D eigenvalue weighted by Gasteiger charge is 2.59. The molecule has 0 aromatic heterocycles. The quantitative estimate of drug-likeness (QED) is 0.658. The van der Waals surface area contributed by atoms with E-state index in [0.29, 0.717) is 17.0 Å². The van der Waals surface area contributed by atoms with Crippen molar-refractivity contribution in [1.29, 1.82) is 0 Å². The Morgan fingerprint density at radius 2 is 1.87 bits per heavy atom. The summed E-state index contributed by atoms with van der Waals surface area (Å²) < 4.78 is 40.2. The van der Waals surface area contributed by atoms with Gasteiger partial charge in [0.15, 0.2) is 0 Å². The van der Waals surface area contributed by atoms with E-state index in [1.165, 1.54) is 11.1 Å². The molecule has 0 bridgehead atoms. The van der Waals surface area contributed by atoms with E-state index in [0.717, 1.165) is 37.6 Å². The molecule has 1 spiro atoms. The number of anilines is 2.